The van der Waals surface area contributed by atoms with Crippen molar-refractivity contribution in [1.29, 1.82) is 0 Å². The van der Waals surface area contributed by atoms with Crippen molar-refractivity contribution in [1.82, 2.24) is 14.7 Å². The Morgan fingerprint density at radius 2 is 2.37 bits per heavy atom. The number of methoxy groups -OCH3 is 1. The first-order chi connectivity index (χ1) is 9.10. The van der Waals surface area contributed by atoms with Gasteiger partial charge in [-0.15, -0.1) is 0 Å². The van der Waals surface area contributed by atoms with Crippen LogP contribution in [-0.2, 0) is 21.3 Å². The van der Waals surface area contributed by atoms with Crippen molar-refractivity contribution in [2.24, 2.45) is 7.05 Å². The number of nitrogens with zero attached hydrogens (tertiary/aromatic N) is 3. The van der Waals surface area contributed by atoms with Gasteiger partial charge in [-0.05, 0) is 6.07 Å². The molecule has 19 heavy (non-hydrogen) atoms. The van der Waals surface area contributed by atoms with Crippen molar-refractivity contribution in [2.45, 2.75) is 12.5 Å². The molecule has 1 saturated heterocycles. The quantitative estimate of drug-likeness (QED) is 0.711. The second kappa shape index (κ2) is 5.83. The molecule has 1 amide bonds. The largest absolute Gasteiger partial charge is 0.469 e. The van der Waals surface area contributed by atoms with Crippen LogP contribution in [0.4, 0.5) is 0 Å². The number of hydrogen-bond donors (Lipinski definition) is 0. The molecule has 0 bridgehead atoms. The average Bonchev–Trinajstić information content (AvgIpc) is 2.84. The Labute approximate surface area is 111 Å². The van der Waals surface area contributed by atoms with Crippen LogP contribution in [-0.4, -0.2) is 59.5 Å². The number of aryl methyl sites for hydroxylation is 1. The number of aromatic nitrogens is 2. The first-order valence-corrected chi connectivity index (χ1v) is 6.07. The average molecular weight is 267 g/mol. The van der Waals surface area contributed by atoms with Gasteiger partial charge in [0.15, 0.2) is 0 Å². The van der Waals surface area contributed by atoms with E-state index in [9.17, 15) is 9.59 Å². The Morgan fingerprint density at radius 1 is 1.58 bits per heavy atom. The van der Waals surface area contributed by atoms with Crippen LogP contribution in [0.2, 0.25) is 0 Å². The van der Waals surface area contributed by atoms with Gasteiger partial charge >= 0.3 is 5.97 Å². The third kappa shape index (κ3) is 3.31. The summed E-state index contributed by atoms with van der Waals surface area (Å²) >= 11 is 0. The predicted octanol–water partition coefficient (Wildman–Crippen LogP) is -0.176. The van der Waals surface area contributed by atoms with Gasteiger partial charge in [-0.2, -0.15) is 5.10 Å². The number of carbonyl (C=O) groups is 2. The lowest BCUT2D eigenvalue weighted by atomic mass is 10.2. The Balaban J connectivity index is 1.97. The monoisotopic (exact) mass is 267 g/mol. The summed E-state index contributed by atoms with van der Waals surface area (Å²) in [6, 6.07) is 1.67. The van der Waals surface area contributed by atoms with Gasteiger partial charge in [-0.25, -0.2) is 0 Å². The second-order valence-electron chi connectivity index (χ2n) is 4.40. The zero-order valence-corrected chi connectivity index (χ0v) is 11.0. The van der Waals surface area contributed by atoms with Crippen molar-refractivity contribution in [3.05, 3.63) is 18.0 Å². The minimum Gasteiger partial charge on any atom is -0.469 e. The highest BCUT2D eigenvalue weighted by Crippen LogP contribution is 2.12. The molecule has 104 valence electrons. The summed E-state index contributed by atoms with van der Waals surface area (Å²) in [5.74, 6) is -0.476. The van der Waals surface area contributed by atoms with Gasteiger partial charge in [-0.3, -0.25) is 14.3 Å². The van der Waals surface area contributed by atoms with Crippen LogP contribution in [0.3, 0.4) is 0 Å². The molecule has 2 rings (SSSR count). The SMILES string of the molecule is COC(=O)CC1CN(C(=O)c2ccn(C)n2)CCO1. The molecule has 1 aliphatic heterocycles. The second-order valence-corrected chi connectivity index (χ2v) is 4.40. The fourth-order valence-corrected chi connectivity index (χ4v) is 1.99. The van der Waals surface area contributed by atoms with E-state index in [1.807, 2.05) is 0 Å². The van der Waals surface area contributed by atoms with Crippen LogP contribution in [0.15, 0.2) is 12.3 Å². The summed E-state index contributed by atoms with van der Waals surface area (Å²) in [4.78, 5) is 25.1. The highest BCUT2D eigenvalue weighted by atomic mass is 16.5. The van der Waals surface area contributed by atoms with Crippen molar-refractivity contribution >= 4 is 11.9 Å². The maximum atomic E-state index is 12.2. The Hall–Kier alpha value is -1.89. The number of ether oxygens (including phenoxy) is 2. The summed E-state index contributed by atoms with van der Waals surface area (Å²) in [5, 5.41) is 4.08. The summed E-state index contributed by atoms with van der Waals surface area (Å²) in [7, 11) is 3.10. The van der Waals surface area contributed by atoms with Gasteiger partial charge in [0.05, 0.1) is 26.2 Å². The molecule has 7 heteroatoms. The van der Waals surface area contributed by atoms with E-state index in [2.05, 4.69) is 9.84 Å². The third-order valence-electron chi connectivity index (χ3n) is 2.98. The van der Waals surface area contributed by atoms with Crippen LogP contribution in [0.25, 0.3) is 0 Å². The topological polar surface area (TPSA) is 73.7 Å². The van der Waals surface area contributed by atoms with Crippen LogP contribution >= 0.6 is 0 Å². The number of amides is 1. The molecule has 1 aromatic rings. The lowest BCUT2D eigenvalue weighted by Crippen LogP contribution is -2.46. The van der Waals surface area contributed by atoms with Gasteiger partial charge < -0.3 is 14.4 Å². The van der Waals surface area contributed by atoms with E-state index >= 15 is 0 Å². The molecule has 0 radical (unpaired) electrons. The first kappa shape index (κ1) is 13.5. The number of carbonyl (C=O) groups excluding carboxylic acids is 2. The molecule has 1 aliphatic rings. The Kier molecular flexibility index (Phi) is 4.16. The number of hydrogen-bond acceptors (Lipinski definition) is 5. The van der Waals surface area contributed by atoms with E-state index in [0.717, 1.165) is 0 Å². The van der Waals surface area contributed by atoms with E-state index in [0.29, 0.717) is 25.4 Å². The zero-order valence-electron chi connectivity index (χ0n) is 11.0. The first-order valence-electron chi connectivity index (χ1n) is 6.07. The molecule has 2 heterocycles. The fourth-order valence-electron chi connectivity index (χ4n) is 1.99. The third-order valence-corrected chi connectivity index (χ3v) is 2.98. The van der Waals surface area contributed by atoms with Gasteiger partial charge in [0.1, 0.15) is 5.69 Å². The van der Waals surface area contributed by atoms with Crippen molar-refractivity contribution in [2.75, 3.05) is 26.8 Å². The van der Waals surface area contributed by atoms with Crippen LogP contribution < -0.4 is 0 Å². The zero-order chi connectivity index (χ0) is 13.8. The Bertz CT molecular complexity index is 471. The fraction of sp³-hybridized carbons (Fsp3) is 0.583. The number of esters is 1. The van der Waals surface area contributed by atoms with Crippen molar-refractivity contribution in [3.8, 4) is 0 Å². The van der Waals surface area contributed by atoms with Gasteiger partial charge in [-0.1, -0.05) is 0 Å². The van der Waals surface area contributed by atoms with Gasteiger partial charge in [0.25, 0.3) is 5.91 Å². The summed E-state index contributed by atoms with van der Waals surface area (Å²) < 4.78 is 11.6. The lowest BCUT2D eigenvalue weighted by molar-refractivity contribution is -0.145. The molecule has 1 unspecified atom stereocenters. The lowest BCUT2D eigenvalue weighted by Gasteiger charge is -2.32. The molecule has 1 atom stereocenters. The molecular formula is C12H17N3O4. The highest BCUT2D eigenvalue weighted by molar-refractivity contribution is 5.92. The molecular weight excluding hydrogens is 250 g/mol. The van der Waals surface area contributed by atoms with Crippen LogP contribution in [0.5, 0.6) is 0 Å². The van der Waals surface area contributed by atoms with Crippen molar-refractivity contribution < 1.29 is 19.1 Å². The molecule has 0 spiro atoms. The summed E-state index contributed by atoms with van der Waals surface area (Å²) in [6.07, 6.45) is 1.57. The molecule has 1 aromatic heterocycles. The molecule has 0 saturated carbocycles. The minimum absolute atomic E-state index is 0.140. The van der Waals surface area contributed by atoms with E-state index < -0.39 is 0 Å². The predicted molar refractivity (Wildman–Crippen MR) is 65.5 cm³/mol. The maximum Gasteiger partial charge on any atom is 0.308 e. The minimum atomic E-state index is -0.336. The number of rotatable bonds is 3. The summed E-state index contributed by atoms with van der Waals surface area (Å²) in [5.41, 5.74) is 0.404. The van der Waals surface area contributed by atoms with E-state index in [-0.39, 0.29) is 24.4 Å². The van der Waals surface area contributed by atoms with E-state index in [1.165, 1.54) is 7.11 Å². The smallest absolute Gasteiger partial charge is 0.308 e. The van der Waals surface area contributed by atoms with E-state index in [1.54, 1.807) is 28.9 Å². The molecule has 1 fully saturated rings. The summed E-state index contributed by atoms with van der Waals surface area (Å²) in [6.45, 7) is 1.30. The van der Waals surface area contributed by atoms with Crippen LogP contribution in [0.1, 0.15) is 16.9 Å². The van der Waals surface area contributed by atoms with Crippen molar-refractivity contribution in [3.63, 3.8) is 0 Å². The number of morpholine rings is 1. The highest BCUT2D eigenvalue weighted by Gasteiger charge is 2.27. The van der Waals surface area contributed by atoms with E-state index in [4.69, 9.17) is 4.74 Å². The van der Waals surface area contributed by atoms with Crippen LogP contribution in [0, 0.1) is 0 Å². The standard InChI is InChI=1S/C12H17N3O4/c1-14-4-3-10(13-14)12(17)15-5-6-19-9(8-15)7-11(16)18-2/h3-4,9H,5-8H2,1-2H3. The maximum absolute atomic E-state index is 12.2. The van der Waals surface area contributed by atoms with Gasteiger partial charge in [0, 0.05) is 26.3 Å². The normalized spacial score (nSPS) is 19.3. The molecule has 7 nitrogen and oxygen atoms in total. The molecule has 0 aliphatic carbocycles. The molecule has 0 N–H and O–H groups in total. The molecule has 0 aromatic carbocycles. The Morgan fingerprint density at radius 3 is 3.00 bits per heavy atom. The van der Waals surface area contributed by atoms with Gasteiger partial charge in [0.2, 0.25) is 0 Å².